The maximum absolute atomic E-state index is 12.2. The van der Waals surface area contributed by atoms with E-state index in [0.29, 0.717) is 0 Å². The van der Waals surface area contributed by atoms with Crippen LogP contribution in [0, 0.1) is 6.92 Å². The van der Waals surface area contributed by atoms with E-state index in [0.717, 1.165) is 22.4 Å². The van der Waals surface area contributed by atoms with E-state index >= 15 is 0 Å². The van der Waals surface area contributed by atoms with Crippen LogP contribution in [-0.2, 0) is 0 Å². The fraction of sp³-hybridized carbons (Fsp3) is 0.312. The number of amides is 1. The number of hydrogen-bond donors (Lipinski definition) is 1. The van der Waals surface area contributed by atoms with Crippen molar-refractivity contribution in [2.24, 2.45) is 0 Å². The van der Waals surface area contributed by atoms with E-state index < -0.39 is 0 Å². The van der Waals surface area contributed by atoms with Crippen molar-refractivity contribution in [1.29, 1.82) is 0 Å². The van der Waals surface area contributed by atoms with Gasteiger partial charge in [-0.1, -0.05) is 36.8 Å². The first-order valence-corrected chi connectivity index (χ1v) is 7.45. The molecule has 1 amide bonds. The Morgan fingerprint density at radius 2 is 1.95 bits per heavy atom. The summed E-state index contributed by atoms with van der Waals surface area (Å²) in [7, 11) is 0. The lowest BCUT2D eigenvalue weighted by Crippen LogP contribution is -2.31. The molecule has 2 nitrogen and oxygen atoms in total. The fourth-order valence-electron chi connectivity index (χ4n) is 1.84. The van der Waals surface area contributed by atoms with Gasteiger partial charge in [0.25, 0.3) is 5.91 Å². The Balaban J connectivity index is 2.27. The number of carbonyl (C=O) groups excluding carboxylic acids is 1. The van der Waals surface area contributed by atoms with Crippen molar-refractivity contribution < 1.29 is 4.79 Å². The number of carbonyl (C=O) groups is 1. The second-order valence-corrected chi connectivity index (χ2v) is 5.73. The molecule has 1 aromatic carbocycles. The summed E-state index contributed by atoms with van der Waals surface area (Å²) < 4.78 is 0. The largest absolute Gasteiger partial charge is 0.349 e. The minimum atomic E-state index is 0.0277. The van der Waals surface area contributed by atoms with Gasteiger partial charge in [0.1, 0.15) is 0 Å². The molecule has 2 rings (SSSR count). The van der Waals surface area contributed by atoms with E-state index in [1.165, 1.54) is 16.9 Å². The van der Waals surface area contributed by atoms with Gasteiger partial charge in [0.2, 0.25) is 0 Å². The second-order valence-electron chi connectivity index (χ2n) is 4.81. The van der Waals surface area contributed by atoms with Gasteiger partial charge in [-0.3, -0.25) is 4.79 Å². The Morgan fingerprint density at radius 1 is 1.26 bits per heavy atom. The second kappa shape index (κ2) is 6.02. The third kappa shape index (κ3) is 3.24. The number of thiophene rings is 1. The Labute approximate surface area is 118 Å². The first-order valence-electron chi connectivity index (χ1n) is 6.57. The van der Waals surface area contributed by atoms with Gasteiger partial charge in [-0.2, -0.15) is 0 Å². The summed E-state index contributed by atoms with van der Waals surface area (Å²) in [5.74, 6) is 0.0277. The minimum Gasteiger partial charge on any atom is -0.349 e. The van der Waals surface area contributed by atoms with E-state index in [9.17, 15) is 4.79 Å². The van der Waals surface area contributed by atoms with Gasteiger partial charge in [-0.05, 0) is 37.3 Å². The highest BCUT2D eigenvalue weighted by Crippen LogP contribution is 2.28. The molecule has 0 saturated carbocycles. The molecule has 19 heavy (non-hydrogen) atoms. The first-order chi connectivity index (χ1) is 9.11. The number of aryl methyl sites for hydroxylation is 1. The third-order valence-electron chi connectivity index (χ3n) is 3.22. The number of hydrogen-bond acceptors (Lipinski definition) is 2. The van der Waals surface area contributed by atoms with Crippen molar-refractivity contribution in [1.82, 2.24) is 5.32 Å². The van der Waals surface area contributed by atoms with E-state index in [1.54, 1.807) is 0 Å². The highest BCUT2D eigenvalue weighted by atomic mass is 32.1. The van der Waals surface area contributed by atoms with Gasteiger partial charge in [-0.15, -0.1) is 11.3 Å². The molecule has 1 unspecified atom stereocenters. The number of rotatable bonds is 4. The van der Waals surface area contributed by atoms with Crippen molar-refractivity contribution in [3.05, 3.63) is 46.2 Å². The Bertz CT molecular complexity index is 556. The fourth-order valence-corrected chi connectivity index (χ4v) is 2.66. The van der Waals surface area contributed by atoms with Crippen LogP contribution in [0.5, 0.6) is 0 Å². The average molecular weight is 273 g/mol. The summed E-state index contributed by atoms with van der Waals surface area (Å²) in [5.41, 5.74) is 3.34. The van der Waals surface area contributed by atoms with Crippen LogP contribution in [0.25, 0.3) is 11.1 Å². The van der Waals surface area contributed by atoms with Gasteiger partial charge in [-0.25, -0.2) is 0 Å². The molecule has 3 heteroatoms. The highest BCUT2D eigenvalue weighted by Gasteiger charge is 2.15. The quantitative estimate of drug-likeness (QED) is 0.886. The molecule has 0 aliphatic rings. The van der Waals surface area contributed by atoms with Crippen molar-refractivity contribution in [3.63, 3.8) is 0 Å². The molecule has 0 radical (unpaired) electrons. The Morgan fingerprint density at radius 3 is 2.58 bits per heavy atom. The van der Waals surface area contributed by atoms with E-state index in [2.05, 4.69) is 43.4 Å². The molecule has 0 aliphatic heterocycles. The van der Waals surface area contributed by atoms with Crippen LogP contribution in [0.4, 0.5) is 0 Å². The zero-order chi connectivity index (χ0) is 13.8. The first kappa shape index (κ1) is 13.8. The van der Waals surface area contributed by atoms with Crippen LogP contribution in [0.1, 0.15) is 35.5 Å². The predicted octanol–water partition coefficient (Wildman–Crippen LogP) is 4.25. The molecule has 0 aliphatic carbocycles. The molecule has 100 valence electrons. The topological polar surface area (TPSA) is 29.1 Å². The van der Waals surface area contributed by atoms with Gasteiger partial charge in [0, 0.05) is 11.6 Å². The van der Waals surface area contributed by atoms with E-state index in [1.807, 2.05) is 18.4 Å². The van der Waals surface area contributed by atoms with E-state index in [-0.39, 0.29) is 11.9 Å². The lowest BCUT2D eigenvalue weighted by Gasteiger charge is -2.11. The Kier molecular flexibility index (Phi) is 4.38. The van der Waals surface area contributed by atoms with Crippen LogP contribution >= 0.6 is 11.3 Å². The molecule has 1 N–H and O–H groups in total. The van der Waals surface area contributed by atoms with Crippen LogP contribution in [0.3, 0.4) is 0 Å². The summed E-state index contributed by atoms with van der Waals surface area (Å²) >= 11 is 1.50. The summed E-state index contributed by atoms with van der Waals surface area (Å²) in [6, 6.07) is 10.5. The molecular formula is C16H19NOS. The molecule has 0 fully saturated rings. The summed E-state index contributed by atoms with van der Waals surface area (Å²) in [4.78, 5) is 13.0. The zero-order valence-corrected chi connectivity index (χ0v) is 12.4. The standard InChI is InChI=1S/C16H19NOS/c1-4-12(3)17-16(18)15-14(9-10-19-15)13-7-5-11(2)6-8-13/h5-10,12H,4H2,1-3H3,(H,17,18). The third-order valence-corrected chi connectivity index (χ3v) is 4.14. The van der Waals surface area contributed by atoms with Gasteiger partial charge in [0.05, 0.1) is 4.88 Å². The highest BCUT2D eigenvalue weighted by molar-refractivity contribution is 7.12. The Hall–Kier alpha value is -1.61. The van der Waals surface area contributed by atoms with Gasteiger partial charge >= 0.3 is 0 Å². The molecule has 1 atom stereocenters. The summed E-state index contributed by atoms with van der Waals surface area (Å²) in [5, 5.41) is 5.00. The molecule has 2 aromatic rings. The van der Waals surface area contributed by atoms with Crippen LogP contribution in [-0.4, -0.2) is 11.9 Å². The lowest BCUT2D eigenvalue weighted by molar-refractivity contribution is 0.0944. The average Bonchev–Trinajstić information content (AvgIpc) is 2.88. The van der Waals surface area contributed by atoms with Gasteiger partial charge in [0.15, 0.2) is 0 Å². The monoisotopic (exact) mass is 273 g/mol. The number of benzene rings is 1. The predicted molar refractivity (Wildman–Crippen MR) is 81.7 cm³/mol. The molecule has 1 aromatic heterocycles. The molecule has 1 heterocycles. The van der Waals surface area contributed by atoms with Crippen molar-refractivity contribution >= 4 is 17.2 Å². The maximum Gasteiger partial charge on any atom is 0.262 e. The molecule has 0 saturated heterocycles. The van der Waals surface area contributed by atoms with Crippen molar-refractivity contribution in [2.75, 3.05) is 0 Å². The number of nitrogens with one attached hydrogen (secondary N) is 1. The molecular weight excluding hydrogens is 254 g/mol. The minimum absolute atomic E-state index is 0.0277. The van der Waals surface area contributed by atoms with E-state index in [4.69, 9.17) is 0 Å². The molecule has 0 bridgehead atoms. The SMILES string of the molecule is CCC(C)NC(=O)c1sccc1-c1ccc(C)cc1. The van der Waals surface area contributed by atoms with Crippen LogP contribution in [0.15, 0.2) is 35.7 Å². The molecule has 0 spiro atoms. The maximum atomic E-state index is 12.2. The zero-order valence-electron chi connectivity index (χ0n) is 11.6. The normalized spacial score (nSPS) is 12.2. The summed E-state index contributed by atoms with van der Waals surface area (Å²) in [6.45, 7) is 6.16. The lowest BCUT2D eigenvalue weighted by atomic mass is 10.0. The van der Waals surface area contributed by atoms with Crippen molar-refractivity contribution in [3.8, 4) is 11.1 Å². The van der Waals surface area contributed by atoms with Crippen molar-refractivity contribution in [2.45, 2.75) is 33.2 Å². The summed E-state index contributed by atoms with van der Waals surface area (Å²) in [6.07, 6.45) is 0.941. The smallest absolute Gasteiger partial charge is 0.262 e. The van der Waals surface area contributed by atoms with Crippen LogP contribution < -0.4 is 5.32 Å². The van der Waals surface area contributed by atoms with Crippen LogP contribution in [0.2, 0.25) is 0 Å². The van der Waals surface area contributed by atoms with Gasteiger partial charge < -0.3 is 5.32 Å².